The maximum Gasteiger partial charge on any atom is 0.437 e. The van der Waals surface area contributed by atoms with E-state index in [1.807, 2.05) is 23.9 Å². The number of carbonyl (C=O) groups is 1. The highest BCUT2D eigenvalue weighted by molar-refractivity contribution is 7.93. The lowest BCUT2D eigenvalue weighted by Gasteiger charge is -2.32. The van der Waals surface area contributed by atoms with Crippen molar-refractivity contribution in [3.8, 4) is 17.2 Å². The highest BCUT2D eigenvalue weighted by Gasteiger charge is 2.46. The average Bonchev–Trinajstić information content (AvgIpc) is 3.44. The zero-order valence-electron chi connectivity index (χ0n) is 20.1. The van der Waals surface area contributed by atoms with Gasteiger partial charge in [-0.1, -0.05) is 0 Å². The fourth-order valence-electron chi connectivity index (χ4n) is 4.51. The number of nitrogens with zero attached hydrogens (tertiary/aromatic N) is 3. The van der Waals surface area contributed by atoms with E-state index in [-0.39, 0.29) is 26.6 Å². The Morgan fingerprint density at radius 2 is 1.59 bits per heavy atom. The summed E-state index contributed by atoms with van der Waals surface area (Å²) in [5.74, 6) is 0.825. The number of amides is 2. The summed E-state index contributed by atoms with van der Waals surface area (Å²) in [7, 11) is 3.74. The molecule has 0 unspecified atom stereocenters. The predicted molar refractivity (Wildman–Crippen MR) is 129 cm³/mol. The van der Waals surface area contributed by atoms with Crippen LogP contribution in [0.2, 0.25) is 0 Å². The Labute approximate surface area is 199 Å². The Hall–Kier alpha value is -3.24. The van der Waals surface area contributed by atoms with Crippen LogP contribution in [0.15, 0.2) is 47.5 Å². The molecule has 3 aromatic rings. The van der Waals surface area contributed by atoms with E-state index < -0.39 is 16.1 Å². The smallest absolute Gasteiger partial charge is 0.437 e. The van der Waals surface area contributed by atoms with Crippen molar-refractivity contribution in [1.82, 2.24) is 4.57 Å². The Kier molecular flexibility index (Phi) is 6.22. The number of quaternary nitrogens is 1. The van der Waals surface area contributed by atoms with E-state index in [0.717, 1.165) is 28.0 Å². The normalized spacial score (nSPS) is 15.3. The quantitative estimate of drug-likeness (QED) is 0.491. The summed E-state index contributed by atoms with van der Waals surface area (Å²) in [6.07, 6.45) is 3.56. The topological polar surface area (TPSA) is 87.1 Å². The van der Waals surface area contributed by atoms with Crippen molar-refractivity contribution in [2.75, 3.05) is 45.8 Å². The number of benzene rings is 2. The molecule has 10 heteroatoms. The minimum atomic E-state index is -4.27. The van der Waals surface area contributed by atoms with Crippen LogP contribution < -0.4 is 18.5 Å². The largest absolute Gasteiger partial charge is 0.493 e. The molecule has 1 aliphatic rings. The van der Waals surface area contributed by atoms with Crippen molar-refractivity contribution in [3.05, 3.63) is 42.6 Å². The molecule has 0 spiro atoms. The predicted octanol–water partition coefficient (Wildman–Crippen LogP) is 3.76. The Morgan fingerprint density at radius 1 is 0.971 bits per heavy atom. The first kappa shape index (κ1) is 23.9. The molecule has 1 aromatic heterocycles. The minimum absolute atomic E-state index is 0.0104. The molecule has 34 heavy (non-hydrogen) atoms. The van der Waals surface area contributed by atoms with Crippen LogP contribution >= 0.6 is 0 Å². The third kappa shape index (κ3) is 3.86. The van der Waals surface area contributed by atoms with Crippen LogP contribution in [0.3, 0.4) is 0 Å². The molecule has 0 saturated carbocycles. The maximum absolute atomic E-state index is 14.1. The number of anilines is 1. The van der Waals surface area contributed by atoms with Gasteiger partial charge in [-0.25, -0.2) is 17.7 Å². The van der Waals surface area contributed by atoms with Crippen molar-refractivity contribution < 1.29 is 31.9 Å². The molecular formula is C24H30N3O6S+. The van der Waals surface area contributed by atoms with E-state index in [4.69, 9.17) is 14.2 Å². The second kappa shape index (κ2) is 8.84. The van der Waals surface area contributed by atoms with Crippen LogP contribution in [-0.2, 0) is 17.1 Å². The van der Waals surface area contributed by atoms with Crippen molar-refractivity contribution in [2.45, 2.75) is 17.7 Å². The number of methoxy groups -OCH3 is 3. The van der Waals surface area contributed by atoms with Gasteiger partial charge in [-0.05, 0) is 24.3 Å². The lowest BCUT2D eigenvalue weighted by atomic mass is 10.2. The molecule has 4 rings (SSSR count). The van der Waals surface area contributed by atoms with Gasteiger partial charge in [0.05, 0.1) is 52.0 Å². The van der Waals surface area contributed by atoms with Crippen LogP contribution in [0.1, 0.15) is 12.8 Å². The lowest BCUT2D eigenvalue weighted by molar-refractivity contribution is -0.814. The fraction of sp³-hybridized carbons (Fsp3) is 0.375. The van der Waals surface area contributed by atoms with Gasteiger partial charge < -0.3 is 18.8 Å². The molecule has 182 valence electrons. The van der Waals surface area contributed by atoms with Gasteiger partial charge in [-0.2, -0.15) is 4.31 Å². The molecule has 0 atom stereocenters. The van der Waals surface area contributed by atoms with Crippen molar-refractivity contribution in [2.24, 2.45) is 7.05 Å². The second-order valence-corrected chi connectivity index (χ2v) is 10.4. The van der Waals surface area contributed by atoms with Gasteiger partial charge >= 0.3 is 6.03 Å². The van der Waals surface area contributed by atoms with Gasteiger partial charge in [0.2, 0.25) is 5.75 Å². The fourth-order valence-corrected chi connectivity index (χ4v) is 6.02. The molecule has 0 radical (unpaired) electrons. The Morgan fingerprint density at radius 3 is 2.15 bits per heavy atom. The molecule has 0 N–H and O–H groups in total. The van der Waals surface area contributed by atoms with Crippen LogP contribution in [0.25, 0.3) is 10.9 Å². The SMILES string of the molecule is COc1cc(N(C(=O)[N+]2(C)CCCC2)S(=O)(=O)c2ccc3c(ccn3C)c2)cc(OC)c1OC. The summed E-state index contributed by atoms with van der Waals surface area (Å²) >= 11 is 0. The van der Waals surface area contributed by atoms with E-state index in [9.17, 15) is 13.2 Å². The van der Waals surface area contributed by atoms with Crippen LogP contribution in [0.5, 0.6) is 17.2 Å². The third-order valence-electron chi connectivity index (χ3n) is 6.47. The standard InChI is InChI=1S/C24H30N3O6S/c1-25-11-10-17-14-19(8-9-20(17)25)34(29,30)26(24(28)27(2)12-6-7-13-27)18-15-21(31-3)23(33-5)22(16-18)32-4/h8-11,14-16H,6-7,12-13H2,1-5H3/q+1. The first-order valence-electron chi connectivity index (χ1n) is 11.0. The average molecular weight is 489 g/mol. The molecule has 1 aliphatic heterocycles. The number of aryl methyl sites for hydroxylation is 1. The summed E-state index contributed by atoms with van der Waals surface area (Å²) < 4.78 is 47.1. The van der Waals surface area contributed by atoms with Gasteiger partial charge in [0, 0.05) is 49.1 Å². The van der Waals surface area contributed by atoms with Crippen LogP contribution in [0.4, 0.5) is 10.5 Å². The molecule has 2 amide bonds. The van der Waals surface area contributed by atoms with Gasteiger partial charge in [0.25, 0.3) is 10.0 Å². The Balaban J connectivity index is 1.93. The van der Waals surface area contributed by atoms with E-state index in [0.29, 0.717) is 18.8 Å². The van der Waals surface area contributed by atoms with E-state index in [2.05, 4.69) is 0 Å². The van der Waals surface area contributed by atoms with Gasteiger partial charge in [-0.3, -0.25) is 0 Å². The molecule has 0 bridgehead atoms. The van der Waals surface area contributed by atoms with Gasteiger partial charge in [0.15, 0.2) is 11.5 Å². The van der Waals surface area contributed by atoms with Crippen molar-refractivity contribution in [1.29, 1.82) is 0 Å². The number of hydrogen-bond acceptors (Lipinski definition) is 6. The number of sulfonamides is 1. The van der Waals surface area contributed by atoms with E-state index in [1.165, 1.54) is 39.5 Å². The summed E-state index contributed by atoms with van der Waals surface area (Å²) in [6.45, 7) is 1.12. The number of aromatic nitrogens is 1. The number of rotatable bonds is 6. The number of ether oxygens (including phenoxy) is 3. The zero-order valence-corrected chi connectivity index (χ0v) is 20.9. The monoisotopic (exact) mass is 488 g/mol. The number of hydrogen-bond donors (Lipinski definition) is 0. The van der Waals surface area contributed by atoms with Gasteiger partial charge in [-0.15, -0.1) is 0 Å². The van der Waals surface area contributed by atoms with Crippen molar-refractivity contribution >= 4 is 32.6 Å². The first-order valence-corrected chi connectivity index (χ1v) is 12.4. The summed E-state index contributed by atoms with van der Waals surface area (Å²) in [5.41, 5.74) is 1.02. The molecule has 2 aromatic carbocycles. The number of urea groups is 1. The zero-order chi connectivity index (χ0) is 24.7. The number of fused-ring (bicyclic) bond motifs is 1. The van der Waals surface area contributed by atoms with E-state index in [1.54, 1.807) is 19.2 Å². The molecule has 2 heterocycles. The van der Waals surface area contributed by atoms with Gasteiger partial charge in [0.1, 0.15) is 0 Å². The summed E-state index contributed by atoms with van der Waals surface area (Å²) in [6, 6.07) is 9.15. The van der Waals surface area contributed by atoms with Crippen molar-refractivity contribution in [3.63, 3.8) is 0 Å². The Bertz CT molecular complexity index is 1320. The number of likely N-dealkylation sites (tertiary alicyclic amines) is 1. The third-order valence-corrected chi connectivity index (χ3v) is 8.17. The molecule has 0 aliphatic carbocycles. The van der Waals surface area contributed by atoms with E-state index >= 15 is 0 Å². The molecule has 1 saturated heterocycles. The molecular weight excluding hydrogens is 458 g/mol. The summed E-state index contributed by atoms with van der Waals surface area (Å²) in [4.78, 5) is 13.9. The van der Waals surface area contributed by atoms with Crippen LogP contribution in [-0.4, -0.2) is 65.0 Å². The summed E-state index contributed by atoms with van der Waals surface area (Å²) in [5, 5.41) is 0.766. The van der Waals surface area contributed by atoms with Crippen LogP contribution in [0, 0.1) is 0 Å². The highest BCUT2D eigenvalue weighted by atomic mass is 32.2. The first-order chi connectivity index (χ1) is 16.2. The number of carbonyl (C=O) groups excluding carboxylic acids is 1. The molecule has 9 nitrogen and oxygen atoms in total. The second-order valence-electron chi connectivity index (χ2n) is 8.63. The highest BCUT2D eigenvalue weighted by Crippen LogP contribution is 2.43. The lowest BCUT2D eigenvalue weighted by Crippen LogP contribution is -2.56. The molecule has 1 fully saturated rings. The minimum Gasteiger partial charge on any atom is -0.493 e. The maximum atomic E-state index is 14.1.